The summed E-state index contributed by atoms with van der Waals surface area (Å²) in [4.78, 5) is 20.9. The molecule has 0 aliphatic carbocycles. The summed E-state index contributed by atoms with van der Waals surface area (Å²) in [7, 11) is -1.57. The van der Waals surface area contributed by atoms with E-state index in [2.05, 4.69) is 15.3 Å². The van der Waals surface area contributed by atoms with Crippen LogP contribution in [0.4, 0.5) is 0 Å². The number of amides is 1. The average Bonchev–Trinajstić information content (AvgIpc) is 2.72. The molecule has 8 nitrogen and oxygen atoms in total. The number of nitrogens with zero attached hydrogens (tertiary/aromatic N) is 3. The van der Waals surface area contributed by atoms with Crippen molar-refractivity contribution in [1.29, 1.82) is 0 Å². The number of carbonyl (C=O) groups is 1. The van der Waals surface area contributed by atoms with Gasteiger partial charge < -0.3 is 10.1 Å². The second-order valence-corrected chi connectivity index (χ2v) is 8.76. The highest BCUT2D eigenvalue weighted by molar-refractivity contribution is 7.88. The van der Waals surface area contributed by atoms with E-state index in [-0.39, 0.29) is 11.8 Å². The Bertz CT molecular complexity index is 923. The van der Waals surface area contributed by atoms with Crippen molar-refractivity contribution in [2.45, 2.75) is 19.4 Å². The number of hydrogen-bond acceptors (Lipinski definition) is 6. The molecule has 2 aromatic rings. The van der Waals surface area contributed by atoms with E-state index in [0.29, 0.717) is 38.2 Å². The normalized spacial score (nSPS) is 15.9. The van der Waals surface area contributed by atoms with Crippen molar-refractivity contribution in [1.82, 2.24) is 19.6 Å². The van der Waals surface area contributed by atoms with Gasteiger partial charge >= 0.3 is 0 Å². The van der Waals surface area contributed by atoms with Gasteiger partial charge in [0.25, 0.3) is 0 Å². The zero-order chi connectivity index (χ0) is 20.1. The lowest BCUT2D eigenvalue weighted by molar-refractivity contribution is -0.126. The molecule has 0 saturated carbocycles. The first-order valence-electron chi connectivity index (χ1n) is 9.05. The molecule has 2 heterocycles. The minimum Gasteiger partial charge on any atom is -0.497 e. The van der Waals surface area contributed by atoms with Crippen LogP contribution >= 0.6 is 0 Å². The van der Waals surface area contributed by atoms with Crippen LogP contribution in [0.1, 0.15) is 18.5 Å². The number of sulfonamides is 1. The molecular formula is C19H24N4O4S. The summed E-state index contributed by atoms with van der Waals surface area (Å²) in [6, 6.07) is 9.40. The molecule has 0 radical (unpaired) electrons. The average molecular weight is 404 g/mol. The molecular weight excluding hydrogens is 380 g/mol. The molecule has 1 N–H and O–H groups in total. The van der Waals surface area contributed by atoms with Crippen LogP contribution in [0.25, 0.3) is 11.3 Å². The van der Waals surface area contributed by atoms with Crippen LogP contribution in [0.2, 0.25) is 0 Å². The molecule has 0 atom stereocenters. The Hall–Kier alpha value is -2.52. The van der Waals surface area contributed by atoms with Gasteiger partial charge in [0.05, 0.1) is 31.3 Å². The number of benzene rings is 1. The second-order valence-electron chi connectivity index (χ2n) is 6.78. The first-order valence-corrected chi connectivity index (χ1v) is 10.9. The largest absolute Gasteiger partial charge is 0.497 e. The highest BCUT2D eigenvalue weighted by Gasteiger charge is 2.28. The molecule has 1 fully saturated rings. The number of carbonyl (C=O) groups excluding carboxylic acids is 1. The Morgan fingerprint density at radius 2 is 1.89 bits per heavy atom. The molecule has 1 saturated heterocycles. The first-order chi connectivity index (χ1) is 13.4. The molecule has 28 heavy (non-hydrogen) atoms. The molecule has 1 aliphatic heterocycles. The van der Waals surface area contributed by atoms with Gasteiger partial charge in [-0.15, -0.1) is 0 Å². The van der Waals surface area contributed by atoms with Gasteiger partial charge in [-0.05, 0) is 43.2 Å². The topological polar surface area (TPSA) is 101 Å². The van der Waals surface area contributed by atoms with Crippen molar-refractivity contribution >= 4 is 15.9 Å². The number of hydrogen-bond donors (Lipinski definition) is 1. The minimum absolute atomic E-state index is 0.0715. The molecule has 1 amide bonds. The van der Waals surface area contributed by atoms with Gasteiger partial charge in [0.15, 0.2) is 0 Å². The van der Waals surface area contributed by atoms with Gasteiger partial charge in [-0.2, -0.15) is 0 Å². The lowest BCUT2D eigenvalue weighted by Gasteiger charge is -2.29. The van der Waals surface area contributed by atoms with Crippen molar-refractivity contribution in [3.63, 3.8) is 0 Å². The summed E-state index contributed by atoms with van der Waals surface area (Å²) < 4.78 is 29.7. The van der Waals surface area contributed by atoms with Crippen molar-refractivity contribution in [3.8, 4) is 17.0 Å². The molecule has 3 rings (SSSR count). The van der Waals surface area contributed by atoms with Gasteiger partial charge in [-0.25, -0.2) is 22.7 Å². The fourth-order valence-corrected chi connectivity index (χ4v) is 4.06. The Balaban J connectivity index is 1.57. The first kappa shape index (κ1) is 20.2. The highest BCUT2D eigenvalue weighted by Crippen LogP contribution is 2.21. The van der Waals surface area contributed by atoms with E-state index >= 15 is 0 Å². The number of methoxy groups -OCH3 is 1. The molecule has 1 aliphatic rings. The van der Waals surface area contributed by atoms with Gasteiger partial charge in [0, 0.05) is 24.6 Å². The standard InChI is InChI=1S/C19H24N4O4S/c1-27-17-5-3-14(4-6-17)18-11-16(21-13-22-18)12-20-19(24)15-7-9-23(10-8-15)28(2,25)26/h3-6,11,13,15H,7-10,12H2,1-2H3,(H,20,24). The Kier molecular flexibility index (Phi) is 6.25. The van der Waals surface area contributed by atoms with E-state index in [1.54, 1.807) is 7.11 Å². The summed E-state index contributed by atoms with van der Waals surface area (Å²) in [5.74, 6) is 0.519. The Labute approximate surface area is 165 Å². The van der Waals surface area contributed by atoms with Crippen LogP contribution in [0.5, 0.6) is 5.75 Å². The van der Waals surface area contributed by atoms with E-state index in [1.165, 1.54) is 16.9 Å². The van der Waals surface area contributed by atoms with Crippen LogP contribution in [0, 0.1) is 5.92 Å². The van der Waals surface area contributed by atoms with E-state index in [9.17, 15) is 13.2 Å². The van der Waals surface area contributed by atoms with Crippen molar-refractivity contribution in [2.75, 3.05) is 26.5 Å². The summed E-state index contributed by atoms with van der Waals surface area (Å²) in [6.07, 6.45) is 3.73. The van der Waals surface area contributed by atoms with Crippen LogP contribution in [0.3, 0.4) is 0 Å². The molecule has 1 aromatic carbocycles. The fourth-order valence-electron chi connectivity index (χ4n) is 3.19. The van der Waals surface area contributed by atoms with Crippen molar-refractivity contribution < 1.29 is 17.9 Å². The van der Waals surface area contributed by atoms with Crippen LogP contribution in [0.15, 0.2) is 36.7 Å². The quantitative estimate of drug-likeness (QED) is 0.782. The number of piperidine rings is 1. The predicted octanol–water partition coefficient (Wildman–Crippen LogP) is 1.44. The Morgan fingerprint density at radius 3 is 2.50 bits per heavy atom. The molecule has 9 heteroatoms. The third-order valence-corrected chi connectivity index (χ3v) is 6.15. The maximum atomic E-state index is 12.4. The maximum absolute atomic E-state index is 12.4. The number of aromatic nitrogens is 2. The predicted molar refractivity (Wildman–Crippen MR) is 105 cm³/mol. The lowest BCUT2D eigenvalue weighted by Crippen LogP contribution is -2.42. The summed E-state index contributed by atoms with van der Waals surface area (Å²) >= 11 is 0. The number of rotatable bonds is 6. The minimum atomic E-state index is -3.19. The summed E-state index contributed by atoms with van der Waals surface area (Å²) in [5.41, 5.74) is 2.41. The number of ether oxygens (including phenoxy) is 1. The van der Waals surface area contributed by atoms with Crippen molar-refractivity contribution in [3.05, 3.63) is 42.4 Å². The molecule has 0 bridgehead atoms. The maximum Gasteiger partial charge on any atom is 0.223 e. The molecule has 1 aromatic heterocycles. The molecule has 0 unspecified atom stereocenters. The van der Waals surface area contributed by atoms with Gasteiger partial charge in [0.2, 0.25) is 15.9 Å². The third-order valence-electron chi connectivity index (χ3n) is 4.85. The molecule has 150 valence electrons. The fraction of sp³-hybridized carbons (Fsp3) is 0.421. The van der Waals surface area contributed by atoms with E-state index < -0.39 is 10.0 Å². The van der Waals surface area contributed by atoms with Gasteiger partial charge in [-0.3, -0.25) is 4.79 Å². The van der Waals surface area contributed by atoms with Gasteiger partial charge in [-0.1, -0.05) is 0 Å². The smallest absolute Gasteiger partial charge is 0.223 e. The highest BCUT2D eigenvalue weighted by atomic mass is 32.2. The SMILES string of the molecule is COc1ccc(-c2cc(CNC(=O)C3CCN(S(C)(=O)=O)CC3)ncn2)cc1. The monoisotopic (exact) mass is 404 g/mol. The van der Waals surface area contributed by atoms with E-state index in [0.717, 1.165) is 17.0 Å². The van der Waals surface area contributed by atoms with E-state index in [1.807, 2.05) is 30.3 Å². The zero-order valence-electron chi connectivity index (χ0n) is 16.0. The number of nitrogens with one attached hydrogen (secondary N) is 1. The summed E-state index contributed by atoms with van der Waals surface area (Å²) in [5, 5.41) is 2.90. The summed E-state index contributed by atoms with van der Waals surface area (Å²) in [6.45, 7) is 1.06. The second kappa shape index (κ2) is 8.66. The van der Waals surface area contributed by atoms with E-state index in [4.69, 9.17) is 4.74 Å². The van der Waals surface area contributed by atoms with Crippen LogP contribution in [-0.2, 0) is 21.4 Å². The zero-order valence-corrected chi connectivity index (χ0v) is 16.8. The third kappa shape index (κ3) is 5.05. The Morgan fingerprint density at radius 1 is 1.21 bits per heavy atom. The van der Waals surface area contributed by atoms with Gasteiger partial charge in [0.1, 0.15) is 12.1 Å². The lowest BCUT2D eigenvalue weighted by atomic mass is 9.97. The van der Waals surface area contributed by atoms with Crippen molar-refractivity contribution in [2.24, 2.45) is 5.92 Å². The van der Waals surface area contributed by atoms with Crippen LogP contribution < -0.4 is 10.1 Å². The molecule has 0 spiro atoms. The van der Waals surface area contributed by atoms with Crippen LogP contribution in [-0.4, -0.2) is 55.1 Å².